The second-order valence-electron chi connectivity index (χ2n) is 3.68. The molecule has 0 saturated heterocycles. The SMILES string of the molecule is N#Cc1ccc(Sc2ccc(I)cc2)c(C(=O)O)c1. The average molecular weight is 381 g/mol. The van der Waals surface area contributed by atoms with E-state index in [1.54, 1.807) is 12.1 Å². The van der Waals surface area contributed by atoms with Crippen LogP contribution in [0.15, 0.2) is 52.3 Å². The minimum Gasteiger partial charge on any atom is -0.478 e. The first-order valence-corrected chi connectivity index (χ1v) is 7.20. The number of carboxylic acids is 1. The Morgan fingerprint density at radius 1 is 1.21 bits per heavy atom. The van der Waals surface area contributed by atoms with Crippen molar-refractivity contribution in [2.75, 3.05) is 0 Å². The number of nitriles is 1. The van der Waals surface area contributed by atoms with Crippen molar-refractivity contribution >= 4 is 40.3 Å². The predicted octanol–water partition coefficient (Wildman–Crippen LogP) is 4.01. The Hall–Kier alpha value is -1.52. The summed E-state index contributed by atoms with van der Waals surface area (Å²) in [5, 5.41) is 18.0. The molecule has 94 valence electrons. The quantitative estimate of drug-likeness (QED) is 0.817. The van der Waals surface area contributed by atoms with Gasteiger partial charge in [-0.15, -0.1) is 0 Å². The first kappa shape index (κ1) is 13.9. The molecule has 19 heavy (non-hydrogen) atoms. The lowest BCUT2D eigenvalue weighted by Crippen LogP contribution is -1.99. The van der Waals surface area contributed by atoms with E-state index in [4.69, 9.17) is 5.26 Å². The van der Waals surface area contributed by atoms with E-state index in [0.29, 0.717) is 10.5 Å². The summed E-state index contributed by atoms with van der Waals surface area (Å²) in [5.41, 5.74) is 0.506. The zero-order chi connectivity index (χ0) is 13.8. The molecule has 0 spiro atoms. The number of halogens is 1. The van der Waals surface area contributed by atoms with Crippen LogP contribution in [0.4, 0.5) is 0 Å². The summed E-state index contributed by atoms with van der Waals surface area (Å²) in [5.74, 6) is -1.02. The maximum atomic E-state index is 11.2. The van der Waals surface area contributed by atoms with Gasteiger partial charge >= 0.3 is 5.97 Å². The van der Waals surface area contributed by atoms with Gasteiger partial charge in [-0.3, -0.25) is 0 Å². The standard InChI is InChI=1S/C14H8INO2S/c15-10-2-4-11(5-3-10)19-13-6-1-9(8-16)7-12(13)14(17)18/h1-7H,(H,17,18). The van der Waals surface area contributed by atoms with Gasteiger partial charge in [-0.25, -0.2) is 4.79 Å². The van der Waals surface area contributed by atoms with Gasteiger partial charge in [-0.2, -0.15) is 5.26 Å². The van der Waals surface area contributed by atoms with Gasteiger partial charge in [0.2, 0.25) is 0 Å². The number of benzene rings is 2. The van der Waals surface area contributed by atoms with Crippen molar-refractivity contribution in [3.8, 4) is 6.07 Å². The molecule has 0 saturated carbocycles. The first-order valence-electron chi connectivity index (χ1n) is 5.31. The molecule has 5 heteroatoms. The molecule has 0 amide bonds. The molecule has 0 fully saturated rings. The highest BCUT2D eigenvalue weighted by atomic mass is 127. The summed E-state index contributed by atoms with van der Waals surface area (Å²) in [6.07, 6.45) is 0. The lowest BCUT2D eigenvalue weighted by atomic mass is 10.1. The number of carboxylic acid groups (broad SMARTS) is 1. The summed E-state index contributed by atoms with van der Waals surface area (Å²) in [4.78, 5) is 12.8. The van der Waals surface area contributed by atoms with E-state index in [1.165, 1.54) is 17.8 Å². The van der Waals surface area contributed by atoms with Crippen LogP contribution in [0.3, 0.4) is 0 Å². The molecule has 2 rings (SSSR count). The van der Waals surface area contributed by atoms with Gasteiger partial charge < -0.3 is 5.11 Å². The van der Waals surface area contributed by atoms with Crippen LogP contribution in [0, 0.1) is 14.9 Å². The summed E-state index contributed by atoms with van der Waals surface area (Å²) in [7, 11) is 0. The molecule has 0 radical (unpaired) electrons. The van der Waals surface area contributed by atoms with Gasteiger partial charge in [0.15, 0.2) is 0 Å². The zero-order valence-electron chi connectivity index (χ0n) is 9.63. The van der Waals surface area contributed by atoms with Crippen LogP contribution >= 0.6 is 34.4 Å². The van der Waals surface area contributed by atoms with Crippen LogP contribution < -0.4 is 0 Å². The molecular weight excluding hydrogens is 373 g/mol. The molecule has 0 bridgehead atoms. The summed E-state index contributed by atoms with van der Waals surface area (Å²) in [6.45, 7) is 0. The molecule has 0 aliphatic rings. The highest BCUT2D eigenvalue weighted by Gasteiger charge is 2.12. The molecular formula is C14H8INO2S. The monoisotopic (exact) mass is 381 g/mol. The van der Waals surface area contributed by atoms with Crippen molar-refractivity contribution in [2.45, 2.75) is 9.79 Å². The largest absolute Gasteiger partial charge is 0.478 e. The number of hydrogen-bond acceptors (Lipinski definition) is 3. The average Bonchev–Trinajstić information content (AvgIpc) is 2.41. The lowest BCUT2D eigenvalue weighted by molar-refractivity contribution is 0.0693. The van der Waals surface area contributed by atoms with Gasteiger partial charge in [0.05, 0.1) is 17.2 Å². The summed E-state index contributed by atoms with van der Waals surface area (Å²) in [6, 6.07) is 14.5. The van der Waals surface area contributed by atoms with Crippen molar-refractivity contribution in [3.05, 3.63) is 57.2 Å². The Bertz CT molecular complexity index is 662. The van der Waals surface area contributed by atoms with Crippen molar-refractivity contribution in [2.24, 2.45) is 0 Å². The van der Waals surface area contributed by atoms with Crippen molar-refractivity contribution in [1.82, 2.24) is 0 Å². The zero-order valence-corrected chi connectivity index (χ0v) is 12.6. The second kappa shape index (κ2) is 6.08. The topological polar surface area (TPSA) is 61.1 Å². The molecule has 0 atom stereocenters. The smallest absolute Gasteiger partial charge is 0.336 e. The number of aromatic carboxylic acids is 1. The molecule has 1 N–H and O–H groups in total. The Kier molecular flexibility index (Phi) is 4.45. The first-order chi connectivity index (χ1) is 9.10. The highest BCUT2D eigenvalue weighted by Crippen LogP contribution is 2.31. The van der Waals surface area contributed by atoms with Crippen LogP contribution in [0.25, 0.3) is 0 Å². The fourth-order valence-electron chi connectivity index (χ4n) is 1.49. The van der Waals surface area contributed by atoms with Gasteiger partial charge in [0.25, 0.3) is 0 Å². The molecule has 2 aromatic rings. The molecule has 3 nitrogen and oxygen atoms in total. The Morgan fingerprint density at radius 2 is 1.89 bits per heavy atom. The van der Waals surface area contributed by atoms with Crippen LogP contribution in [-0.4, -0.2) is 11.1 Å². The van der Waals surface area contributed by atoms with Crippen molar-refractivity contribution in [3.63, 3.8) is 0 Å². The van der Waals surface area contributed by atoms with E-state index < -0.39 is 5.97 Å². The van der Waals surface area contributed by atoms with Gasteiger partial charge in [-0.05, 0) is 65.1 Å². The Labute approximate surface area is 128 Å². The van der Waals surface area contributed by atoms with Crippen LogP contribution in [-0.2, 0) is 0 Å². The van der Waals surface area contributed by atoms with Gasteiger partial charge in [-0.1, -0.05) is 11.8 Å². The molecule has 0 aliphatic carbocycles. The number of hydrogen-bond donors (Lipinski definition) is 1. The third-order valence-electron chi connectivity index (χ3n) is 2.38. The third kappa shape index (κ3) is 3.49. The lowest BCUT2D eigenvalue weighted by Gasteiger charge is -2.06. The maximum absolute atomic E-state index is 11.2. The van der Waals surface area contributed by atoms with E-state index in [9.17, 15) is 9.90 Å². The molecule has 0 aliphatic heterocycles. The fraction of sp³-hybridized carbons (Fsp3) is 0. The van der Waals surface area contributed by atoms with Crippen molar-refractivity contribution < 1.29 is 9.90 Å². The molecule has 0 heterocycles. The maximum Gasteiger partial charge on any atom is 0.336 e. The molecule has 0 aromatic heterocycles. The van der Waals surface area contributed by atoms with Gasteiger partial charge in [0.1, 0.15) is 0 Å². The molecule has 2 aromatic carbocycles. The van der Waals surface area contributed by atoms with Gasteiger partial charge in [0, 0.05) is 13.4 Å². The Balaban J connectivity index is 2.37. The minimum absolute atomic E-state index is 0.155. The fourth-order valence-corrected chi connectivity index (χ4v) is 2.76. The number of nitrogens with zero attached hydrogens (tertiary/aromatic N) is 1. The van der Waals surface area contributed by atoms with Crippen LogP contribution in [0.5, 0.6) is 0 Å². The van der Waals surface area contributed by atoms with E-state index in [2.05, 4.69) is 22.6 Å². The normalized spacial score (nSPS) is 9.89. The summed E-state index contributed by atoms with van der Waals surface area (Å²) >= 11 is 3.59. The second-order valence-corrected chi connectivity index (χ2v) is 6.04. The van der Waals surface area contributed by atoms with E-state index in [0.717, 1.165) is 8.47 Å². The molecule has 0 unspecified atom stereocenters. The minimum atomic E-state index is -1.02. The summed E-state index contributed by atoms with van der Waals surface area (Å²) < 4.78 is 1.13. The third-order valence-corrected chi connectivity index (χ3v) is 4.18. The van der Waals surface area contributed by atoms with E-state index in [1.807, 2.05) is 30.3 Å². The van der Waals surface area contributed by atoms with Crippen molar-refractivity contribution in [1.29, 1.82) is 5.26 Å². The number of carbonyl (C=O) groups is 1. The van der Waals surface area contributed by atoms with E-state index in [-0.39, 0.29) is 5.56 Å². The Morgan fingerprint density at radius 3 is 2.47 bits per heavy atom. The van der Waals surface area contributed by atoms with Crippen LogP contribution in [0.2, 0.25) is 0 Å². The predicted molar refractivity (Wildman–Crippen MR) is 81.4 cm³/mol. The number of rotatable bonds is 3. The van der Waals surface area contributed by atoms with E-state index >= 15 is 0 Å². The van der Waals surface area contributed by atoms with Crippen LogP contribution in [0.1, 0.15) is 15.9 Å². The highest BCUT2D eigenvalue weighted by molar-refractivity contribution is 14.1.